The fourth-order valence-electron chi connectivity index (χ4n) is 3.09. The molecule has 5 nitrogen and oxygen atoms in total. The molecular weight excluding hydrogens is 266 g/mol. The lowest BCUT2D eigenvalue weighted by Crippen LogP contribution is -2.41. The van der Waals surface area contributed by atoms with Crippen molar-refractivity contribution in [3.8, 4) is 5.75 Å². The van der Waals surface area contributed by atoms with Gasteiger partial charge in [0.2, 0.25) is 5.91 Å². The van der Waals surface area contributed by atoms with Gasteiger partial charge in [0.15, 0.2) is 0 Å². The lowest BCUT2D eigenvalue weighted by molar-refractivity contribution is -0.119. The van der Waals surface area contributed by atoms with Crippen LogP contribution in [0.4, 0.5) is 0 Å². The van der Waals surface area contributed by atoms with Crippen LogP contribution < -0.4 is 15.8 Å². The molecule has 1 aromatic rings. The Kier molecular flexibility index (Phi) is 5.20. The number of nitrogens with one attached hydrogen (secondary N) is 1. The lowest BCUT2D eigenvalue weighted by Gasteiger charge is -2.31. The third kappa shape index (κ3) is 3.95. The van der Waals surface area contributed by atoms with Gasteiger partial charge in [0.05, 0.1) is 7.11 Å². The zero-order valence-corrected chi connectivity index (χ0v) is 13.0. The van der Waals surface area contributed by atoms with Crippen molar-refractivity contribution in [1.82, 2.24) is 10.2 Å². The molecule has 0 spiro atoms. The molecule has 0 radical (unpaired) electrons. The van der Waals surface area contributed by atoms with Crippen LogP contribution in [0.15, 0.2) is 24.3 Å². The van der Waals surface area contributed by atoms with E-state index in [0.717, 1.165) is 25.3 Å². The maximum absolute atomic E-state index is 11.2. The first-order chi connectivity index (χ1) is 10.0. The molecule has 1 heterocycles. The standard InChI is InChI=1S/C16H25N3O2/c1-11(17)16(13-4-6-15(21-3)7-5-13)19-9-8-14(10-19)18-12(2)20/h4-7,11,14,16H,8-10,17H2,1-3H3,(H,18,20). The van der Waals surface area contributed by atoms with E-state index < -0.39 is 0 Å². The number of hydrogen-bond acceptors (Lipinski definition) is 4. The molecule has 0 bridgehead atoms. The van der Waals surface area contributed by atoms with Crippen LogP contribution in [0.1, 0.15) is 31.9 Å². The number of carbonyl (C=O) groups is 1. The van der Waals surface area contributed by atoms with Gasteiger partial charge in [0, 0.05) is 38.1 Å². The molecule has 1 saturated heterocycles. The molecule has 2 rings (SSSR count). The van der Waals surface area contributed by atoms with Crippen LogP contribution in [0, 0.1) is 0 Å². The number of rotatable bonds is 5. The summed E-state index contributed by atoms with van der Waals surface area (Å²) in [5.74, 6) is 0.878. The highest BCUT2D eigenvalue weighted by Crippen LogP contribution is 2.28. The van der Waals surface area contributed by atoms with Gasteiger partial charge in [-0.25, -0.2) is 0 Å². The fourth-order valence-corrected chi connectivity index (χ4v) is 3.09. The highest BCUT2D eigenvalue weighted by Gasteiger charge is 2.31. The van der Waals surface area contributed by atoms with E-state index in [1.807, 2.05) is 19.1 Å². The van der Waals surface area contributed by atoms with E-state index in [1.165, 1.54) is 5.56 Å². The maximum atomic E-state index is 11.2. The summed E-state index contributed by atoms with van der Waals surface area (Å²) in [4.78, 5) is 13.5. The van der Waals surface area contributed by atoms with Crippen molar-refractivity contribution in [2.45, 2.75) is 38.4 Å². The van der Waals surface area contributed by atoms with E-state index in [1.54, 1.807) is 14.0 Å². The van der Waals surface area contributed by atoms with E-state index >= 15 is 0 Å². The lowest BCUT2D eigenvalue weighted by atomic mass is 9.99. The average molecular weight is 291 g/mol. The fraction of sp³-hybridized carbons (Fsp3) is 0.562. The number of ether oxygens (including phenoxy) is 1. The molecule has 21 heavy (non-hydrogen) atoms. The number of methoxy groups -OCH3 is 1. The zero-order valence-electron chi connectivity index (χ0n) is 13.0. The molecule has 3 unspecified atom stereocenters. The van der Waals surface area contributed by atoms with Crippen LogP contribution in [-0.4, -0.2) is 43.1 Å². The summed E-state index contributed by atoms with van der Waals surface area (Å²) < 4.78 is 5.20. The van der Waals surface area contributed by atoms with Crippen LogP contribution in [-0.2, 0) is 4.79 Å². The van der Waals surface area contributed by atoms with Crippen molar-refractivity contribution in [1.29, 1.82) is 0 Å². The topological polar surface area (TPSA) is 67.6 Å². The van der Waals surface area contributed by atoms with Gasteiger partial charge in [-0.3, -0.25) is 9.69 Å². The second-order valence-electron chi connectivity index (χ2n) is 5.76. The summed E-state index contributed by atoms with van der Waals surface area (Å²) in [6, 6.07) is 8.47. The summed E-state index contributed by atoms with van der Waals surface area (Å²) >= 11 is 0. The average Bonchev–Trinajstić information content (AvgIpc) is 2.86. The number of nitrogens with zero attached hydrogens (tertiary/aromatic N) is 1. The van der Waals surface area contributed by atoms with E-state index in [0.29, 0.717) is 0 Å². The summed E-state index contributed by atoms with van der Waals surface area (Å²) in [6.45, 7) is 5.39. The number of hydrogen-bond donors (Lipinski definition) is 2. The molecule has 5 heteroatoms. The minimum atomic E-state index is 0.0227. The van der Waals surface area contributed by atoms with Crippen LogP contribution in [0.3, 0.4) is 0 Å². The van der Waals surface area contributed by atoms with Crippen LogP contribution in [0.5, 0.6) is 5.75 Å². The highest BCUT2D eigenvalue weighted by atomic mass is 16.5. The molecule has 0 aromatic heterocycles. The van der Waals surface area contributed by atoms with E-state index in [-0.39, 0.29) is 24.0 Å². The number of benzene rings is 1. The van der Waals surface area contributed by atoms with Crippen molar-refractivity contribution in [2.24, 2.45) is 5.73 Å². The quantitative estimate of drug-likeness (QED) is 0.858. The van der Waals surface area contributed by atoms with Gasteiger partial charge < -0.3 is 15.8 Å². The second kappa shape index (κ2) is 6.91. The smallest absolute Gasteiger partial charge is 0.217 e. The monoisotopic (exact) mass is 291 g/mol. The summed E-state index contributed by atoms with van der Waals surface area (Å²) in [7, 11) is 1.66. The van der Waals surface area contributed by atoms with Crippen molar-refractivity contribution >= 4 is 5.91 Å². The third-order valence-corrected chi connectivity index (χ3v) is 3.98. The summed E-state index contributed by atoms with van der Waals surface area (Å²) in [5, 5.41) is 2.99. The minimum absolute atomic E-state index is 0.0227. The first-order valence-corrected chi connectivity index (χ1v) is 7.42. The van der Waals surface area contributed by atoms with Crippen molar-refractivity contribution < 1.29 is 9.53 Å². The molecule has 1 aliphatic rings. The van der Waals surface area contributed by atoms with Crippen LogP contribution >= 0.6 is 0 Å². The largest absolute Gasteiger partial charge is 0.497 e. The maximum Gasteiger partial charge on any atom is 0.217 e. The summed E-state index contributed by atoms with van der Waals surface area (Å²) in [6.07, 6.45) is 0.971. The van der Waals surface area contributed by atoms with Gasteiger partial charge in [-0.2, -0.15) is 0 Å². The number of amides is 1. The molecule has 0 aliphatic carbocycles. The van der Waals surface area contributed by atoms with Gasteiger partial charge in [-0.1, -0.05) is 12.1 Å². The molecule has 1 aliphatic heterocycles. The van der Waals surface area contributed by atoms with E-state index in [4.69, 9.17) is 10.5 Å². The van der Waals surface area contributed by atoms with Crippen molar-refractivity contribution in [3.63, 3.8) is 0 Å². The Labute approximate surface area is 126 Å². The minimum Gasteiger partial charge on any atom is -0.497 e. The number of nitrogens with two attached hydrogens (primary N) is 1. The van der Waals surface area contributed by atoms with E-state index in [2.05, 4.69) is 22.3 Å². The predicted octanol–water partition coefficient (Wildman–Crippen LogP) is 1.29. The molecule has 3 atom stereocenters. The first-order valence-electron chi connectivity index (χ1n) is 7.42. The highest BCUT2D eigenvalue weighted by molar-refractivity contribution is 5.73. The summed E-state index contributed by atoms with van der Waals surface area (Å²) in [5.41, 5.74) is 7.39. The molecular formula is C16H25N3O2. The Hall–Kier alpha value is -1.59. The van der Waals surface area contributed by atoms with Gasteiger partial charge in [-0.15, -0.1) is 0 Å². The van der Waals surface area contributed by atoms with Gasteiger partial charge in [0.1, 0.15) is 5.75 Å². The zero-order chi connectivity index (χ0) is 15.4. The Bertz CT molecular complexity index is 473. The van der Waals surface area contributed by atoms with Crippen LogP contribution in [0.2, 0.25) is 0 Å². The second-order valence-corrected chi connectivity index (χ2v) is 5.76. The van der Waals surface area contributed by atoms with Gasteiger partial charge in [-0.05, 0) is 31.0 Å². The van der Waals surface area contributed by atoms with Crippen LogP contribution in [0.25, 0.3) is 0 Å². The molecule has 116 valence electrons. The Morgan fingerprint density at radius 1 is 1.43 bits per heavy atom. The third-order valence-electron chi connectivity index (χ3n) is 3.98. The molecule has 1 fully saturated rings. The molecule has 3 N–H and O–H groups in total. The van der Waals surface area contributed by atoms with E-state index in [9.17, 15) is 4.79 Å². The van der Waals surface area contributed by atoms with Crippen molar-refractivity contribution in [2.75, 3.05) is 20.2 Å². The van der Waals surface area contributed by atoms with Gasteiger partial charge >= 0.3 is 0 Å². The Morgan fingerprint density at radius 3 is 2.62 bits per heavy atom. The SMILES string of the molecule is COc1ccc(C(C(C)N)N2CCC(NC(C)=O)C2)cc1. The van der Waals surface area contributed by atoms with Gasteiger partial charge in [0.25, 0.3) is 0 Å². The normalized spacial score (nSPS) is 21.8. The molecule has 0 saturated carbocycles. The number of likely N-dealkylation sites (tertiary alicyclic amines) is 1. The van der Waals surface area contributed by atoms with Crippen molar-refractivity contribution in [3.05, 3.63) is 29.8 Å². The number of carbonyl (C=O) groups excluding carboxylic acids is 1. The molecule has 1 amide bonds. The predicted molar refractivity (Wildman–Crippen MR) is 83.2 cm³/mol. The Balaban J connectivity index is 2.10. The first kappa shape index (κ1) is 15.8. The molecule has 1 aromatic carbocycles. The Morgan fingerprint density at radius 2 is 2.10 bits per heavy atom.